The number of ether oxygens (including phenoxy) is 2. The number of likely N-dealkylation sites (tertiary alicyclic amines) is 1. The van der Waals surface area contributed by atoms with E-state index >= 15 is 0 Å². The number of esters is 1. The lowest BCUT2D eigenvalue weighted by molar-refractivity contribution is -0.148. The molecule has 1 aromatic heterocycles. The van der Waals surface area contributed by atoms with E-state index in [1.165, 1.54) is 12.1 Å². The fourth-order valence-corrected chi connectivity index (χ4v) is 6.30. The van der Waals surface area contributed by atoms with Crippen molar-refractivity contribution in [2.45, 2.75) is 111 Å². The predicted molar refractivity (Wildman–Crippen MR) is 194 cm³/mol. The molecule has 13 nitrogen and oxygen atoms in total. The van der Waals surface area contributed by atoms with Crippen LogP contribution in [0.25, 0.3) is 17.0 Å². The normalized spacial score (nSPS) is 19.6. The first-order valence-electron chi connectivity index (χ1n) is 17.8. The molecule has 4 amide bonds. The van der Waals surface area contributed by atoms with Crippen molar-refractivity contribution >= 4 is 46.8 Å². The molecule has 0 bridgehead atoms. The minimum absolute atomic E-state index is 0.100. The Kier molecular flexibility index (Phi) is 12.5. The largest absolute Gasteiger partial charge is 0.468 e. The fraction of sp³-hybridized carbons (Fsp3) is 0.579. The topological polar surface area (TPSA) is 159 Å². The van der Waals surface area contributed by atoms with Gasteiger partial charge < -0.3 is 25.0 Å². The van der Waals surface area contributed by atoms with Crippen LogP contribution in [0.3, 0.4) is 0 Å². The van der Waals surface area contributed by atoms with E-state index in [2.05, 4.69) is 16.1 Å². The molecule has 2 fully saturated rings. The molecule has 1 unspecified atom stereocenters. The first-order valence-corrected chi connectivity index (χ1v) is 17.8. The Morgan fingerprint density at radius 2 is 1.65 bits per heavy atom. The molecule has 2 aromatic rings. The van der Waals surface area contributed by atoms with E-state index < -0.39 is 41.1 Å². The van der Waals surface area contributed by atoms with Gasteiger partial charge in [-0.1, -0.05) is 44.2 Å². The highest BCUT2D eigenvalue weighted by molar-refractivity contribution is 5.91. The first-order chi connectivity index (χ1) is 23.9. The van der Waals surface area contributed by atoms with Crippen LogP contribution in [0.1, 0.15) is 98.4 Å². The van der Waals surface area contributed by atoms with Crippen molar-refractivity contribution in [2.24, 2.45) is 11.3 Å². The van der Waals surface area contributed by atoms with Gasteiger partial charge in [-0.15, -0.1) is 0 Å². The number of carbonyl (C=O) groups excluding carboxylic acids is 5. The number of amides is 4. The van der Waals surface area contributed by atoms with Crippen molar-refractivity contribution in [3.8, 4) is 0 Å². The Hall–Kier alpha value is -4.52. The van der Waals surface area contributed by atoms with Gasteiger partial charge >= 0.3 is 12.1 Å². The summed E-state index contributed by atoms with van der Waals surface area (Å²) in [6.45, 7) is 14.9. The van der Waals surface area contributed by atoms with Crippen LogP contribution in [0.15, 0.2) is 36.4 Å². The van der Waals surface area contributed by atoms with Gasteiger partial charge in [-0.2, -0.15) is 0 Å². The number of benzene rings is 1. The van der Waals surface area contributed by atoms with E-state index in [-0.39, 0.29) is 29.7 Å². The van der Waals surface area contributed by atoms with Gasteiger partial charge in [0.15, 0.2) is 0 Å². The maximum Gasteiger partial charge on any atom is 0.408 e. The Bertz CT molecular complexity index is 1650. The zero-order valence-corrected chi connectivity index (χ0v) is 31.4. The predicted octanol–water partition coefficient (Wildman–Crippen LogP) is 4.66. The number of hydrogen-bond acceptors (Lipinski definition) is 9. The molecule has 51 heavy (non-hydrogen) atoms. The summed E-state index contributed by atoms with van der Waals surface area (Å²) in [7, 11) is 1.37. The molecule has 4 rings (SSSR count). The molecule has 0 saturated carbocycles. The van der Waals surface area contributed by atoms with Crippen molar-refractivity contribution in [3.63, 3.8) is 0 Å². The molecular weight excluding hydrogens is 652 g/mol. The Morgan fingerprint density at radius 1 is 0.961 bits per heavy atom. The second-order valence-electron chi connectivity index (χ2n) is 15.3. The van der Waals surface area contributed by atoms with Gasteiger partial charge in [-0.25, -0.2) is 10.2 Å². The van der Waals surface area contributed by atoms with E-state index in [9.17, 15) is 24.0 Å². The molecule has 2 saturated heterocycles. The summed E-state index contributed by atoms with van der Waals surface area (Å²) in [5.74, 6) is -1.56. The maximum absolute atomic E-state index is 14.0. The third-order valence-electron chi connectivity index (χ3n) is 9.12. The Morgan fingerprint density at radius 3 is 2.31 bits per heavy atom. The summed E-state index contributed by atoms with van der Waals surface area (Å²) in [5, 5.41) is 7.71. The van der Waals surface area contributed by atoms with Crippen molar-refractivity contribution < 1.29 is 33.4 Å². The number of nitrogens with zero attached hydrogens (tertiary/aromatic N) is 3. The van der Waals surface area contributed by atoms with Crippen LogP contribution in [-0.2, 0) is 28.7 Å². The molecule has 3 N–H and O–H groups in total. The summed E-state index contributed by atoms with van der Waals surface area (Å²) in [6, 6.07) is 7.25. The van der Waals surface area contributed by atoms with Crippen LogP contribution in [0.2, 0.25) is 0 Å². The summed E-state index contributed by atoms with van der Waals surface area (Å²) in [5.41, 5.74) is 4.10. The van der Waals surface area contributed by atoms with Crippen LogP contribution in [0, 0.1) is 11.3 Å². The monoisotopic (exact) mass is 706 g/mol. The first kappa shape index (κ1) is 39.3. The van der Waals surface area contributed by atoms with Gasteiger partial charge in [-0.3, -0.25) is 29.2 Å². The molecule has 4 atom stereocenters. The average Bonchev–Trinajstić information content (AvgIpc) is 3.57. The quantitative estimate of drug-likeness (QED) is 0.299. The van der Waals surface area contributed by atoms with Crippen molar-refractivity contribution in [1.29, 1.82) is 0 Å². The van der Waals surface area contributed by atoms with E-state index in [4.69, 9.17) is 14.5 Å². The molecule has 2 aliphatic heterocycles. The SMILES string of the molecule is COC(=O)C(C)(C)C=Cc1ccc2ccc(C3CCCN3C(=O)[C@@H]3CCCN(C(=O)[C@H](C)NC(=O)[C@@H](NC(=O)OC(C)(C)C)C(C)C)N3)nc2c1. The lowest BCUT2D eigenvalue weighted by Crippen LogP contribution is -2.62. The van der Waals surface area contributed by atoms with Crippen LogP contribution >= 0.6 is 0 Å². The van der Waals surface area contributed by atoms with Crippen molar-refractivity contribution in [2.75, 3.05) is 20.2 Å². The number of hydrazine groups is 1. The third-order valence-corrected chi connectivity index (χ3v) is 9.12. The number of hydrogen-bond donors (Lipinski definition) is 3. The lowest BCUT2D eigenvalue weighted by atomic mass is 9.92. The molecule has 13 heteroatoms. The molecule has 2 aliphatic rings. The van der Waals surface area contributed by atoms with E-state index in [0.29, 0.717) is 25.9 Å². The van der Waals surface area contributed by atoms with Crippen LogP contribution in [0.4, 0.5) is 4.79 Å². The van der Waals surface area contributed by atoms with Gasteiger partial charge in [0.1, 0.15) is 23.7 Å². The zero-order valence-electron chi connectivity index (χ0n) is 31.4. The van der Waals surface area contributed by atoms with Gasteiger partial charge in [0.25, 0.3) is 5.91 Å². The standard InChI is InChI=1S/C38H54N6O7/c1-23(2)31(41-36(49)51-37(4,5)6)32(45)39-24(3)33(46)44-21-10-12-28(42-44)34(47)43-20-11-13-30(43)27-17-16-26-15-14-25(22-29(26)40-27)18-19-38(7,8)35(48)50-9/h14-19,22-24,28,30-31,42H,10-13,20-21H2,1-9H3,(H,39,45)(H,41,49)/t24-,28-,30?,31-/m0/s1. The van der Waals surface area contributed by atoms with Crippen LogP contribution in [-0.4, -0.2) is 88.6 Å². The zero-order chi connectivity index (χ0) is 37.7. The van der Waals surface area contributed by atoms with Crippen LogP contribution in [0.5, 0.6) is 0 Å². The highest BCUT2D eigenvalue weighted by atomic mass is 16.6. The maximum atomic E-state index is 14.0. The number of rotatable bonds is 10. The summed E-state index contributed by atoms with van der Waals surface area (Å²) in [6.07, 6.45) is 5.75. The number of methoxy groups -OCH3 is 1. The molecule has 278 valence electrons. The molecule has 0 aliphatic carbocycles. The minimum Gasteiger partial charge on any atom is -0.468 e. The summed E-state index contributed by atoms with van der Waals surface area (Å²) >= 11 is 0. The van der Waals surface area contributed by atoms with Gasteiger partial charge in [0.2, 0.25) is 11.8 Å². The number of pyridine rings is 1. The molecule has 0 spiro atoms. The Balaban J connectivity index is 1.41. The second kappa shape index (κ2) is 16.2. The fourth-order valence-electron chi connectivity index (χ4n) is 6.30. The smallest absolute Gasteiger partial charge is 0.408 e. The average molecular weight is 707 g/mol. The number of carbonyl (C=O) groups is 5. The van der Waals surface area contributed by atoms with E-state index in [1.807, 2.05) is 47.4 Å². The molecule has 0 radical (unpaired) electrons. The van der Waals surface area contributed by atoms with Crippen molar-refractivity contribution in [1.82, 2.24) is 31.0 Å². The van der Waals surface area contributed by atoms with Gasteiger partial charge in [0.05, 0.1) is 29.8 Å². The second-order valence-corrected chi connectivity index (χ2v) is 15.3. The van der Waals surface area contributed by atoms with Gasteiger partial charge in [0, 0.05) is 18.5 Å². The highest BCUT2D eigenvalue weighted by Gasteiger charge is 2.38. The third kappa shape index (κ3) is 10.1. The highest BCUT2D eigenvalue weighted by Crippen LogP contribution is 2.33. The summed E-state index contributed by atoms with van der Waals surface area (Å²) < 4.78 is 10.2. The molecule has 1 aromatic carbocycles. The molecule has 3 heterocycles. The molecular formula is C38H54N6O7. The number of fused-ring (bicyclic) bond motifs is 1. The van der Waals surface area contributed by atoms with Crippen molar-refractivity contribution in [3.05, 3.63) is 47.7 Å². The van der Waals surface area contributed by atoms with E-state index in [0.717, 1.165) is 35.0 Å². The Labute approximate surface area is 300 Å². The number of nitrogens with one attached hydrogen (secondary N) is 3. The number of alkyl carbamates (subject to hydrolysis) is 1. The number of aromatic nitrogens is 1. The summed E-state index contributed by atoms with van der Waals surface area (Å²) in [4.78, 5) is 71.9. The van der Waals surface area contributed by atoms with E-state index in [1.54, 1.807) is 55.4 Å². The lowest BCUT2D eigenvalue weighted by Gasteiger charge is -2.37. The van der Waals surface area contributed by atoms with Gasteiger partial charge in [-0.05, 0) is 90.8 Å². The van der Waals surface area contributed by atoms with Crippen LogP contribution < -0.4 is 16.1 Å². The minimum atomic E-state index is -0.909.